The zero-order valence-corrected chi connectivity index (χ0v) is 11.3. The molecule has 0 bridgehead atoms. The summed E-state index contributed by atoms with van der Waals surface area (Å²) in [5.74, 6) is -0.439. The Kier molecular flexibility index (Phi) is 3.63. The first-order valence-corrected chi connectivity index (χ1v) is 6.12. The van der Waals surface area contributed by atoms with Gasteiger partial charge < -0.3 is 5.32 Å². The van der Waals surface area contributed by atoms with E-state index in [9.17, 15) is 4.39 Å². The largest absolute Gasteiger partial charge is 0.353 e. The van der Waals surface area contributed by atoms with Crippen LogP contribution in [0.5, 0.6) is 0 Å². The first kappa shape index (κ1) is 12.6. The molecule has 0 saturated heterocycles. The molecule has 0 unspecified atom stereocenters. The lowest BCUT2D eigenvalue weighted by Gasteiger charge is -2.09. The Labute approximate surface area is 113 Å². The summed E-state index contributed by atoms with van der Waals surface area (Å²) in [6.45, 7) is 1.98. The summed E-state index contributed by atoms with van der Waals surface area (Å²) in [5, 5.41) is 11.6. The van der Waals surface area contributed by atoms with E-state index in [0.717, 1.165) is 15.7 Å². The van der Waals surface area contributed by atoms with Gasteiger partial charge in [-0.3, -0.25) is 0 Å². The average molecular weight is 305 g/mol. The smallest absolute Gasteiger partial charge is 0.147 e. The van der Waals surface area contributed by atoms with Crippen molar-refractivity contribution in [2.45, 2.75) is 6.92 Å². The van der Waals surface area contributed by atoms with E-state index in [1.54, 1.807) is 12.1 Å². The average Bonchev–Trinajstić information content (AvgIpc) is 2.36. The van der Waals surface area contributed by atoms with Crippen molar-refractivity contribution in [3.63, 3.8) is 0 Å². The lowest BCUT2D eigenvalue weighted by Crippen LogP contribution is -1.94. The van der Waals surface area contributed by atoms with Crippen LogP contribution in [0.15, 0.2) is 40.9 Å². The molecule has 0 heterocycles. The quantitative estimate of drug-likeness (QED) is 0.886. The lowest BCUT2D eigenvalue weighted by atomic mass is 10.2. The molecule has 0 aliphatic carbocycles. The number of halogens is 2. The zero-order chi connectivity index (χ0) is 13.1. The third-order valence-corrected chi connectivity index (χ3v) is 3.40. The van der Waals surface area contributed by atoms with Crippen molar-refractivity contribution < 1.29 is 4.39 Å². The van der Waals surface area contributed by atoms with E-state index < -0.39 is 5.82 Å². The fourth-order valence-corrected chi connectivity index (χ4v) is 1.89. The van der Waals surface area contributed by atoms with Crippen molar-refractivity contribution in [2.75, 3.05) is 5.32 Å². The molecule has 2 nitrogen and oxygen atoms in total. The Hall–Kier alpha value is -1.86. The van der Waals surface area contributed by atoms with Crippen LogP contribution in [-0.4, -0.2) is 0 Å². The second-order valence-electron chi connectivity index (χ2n) is 3.90. The number of nitrogens with one attached hydrogen (secondary N) is 1. The van der Waals surface area contributed by atoms with Gasteiger partial charge in [0.25, 0.3) is 0 Å². The molecule has 0 aliphatic rings. The number of nitriles is 1. The van der Waals surface area contributed by atoms with Gasteiger partial charge in [0.15, 0.2) is 0 Å². The molecule has 18 heavy (non-hydrogen) atoms. The fourth-order valence-electron chi connectivity index (χ4n) is 1.51. The minimum Gasteiger partial charge on any atom is -0.353 e. The van der Waals surface area contributed by atoms with Crippen molar-refractivity contribution in [3.8, 4) is 6.07 Å². The van der Waals surface area contributed by atoms with Crippen LogP contribution in [0.3, 0.4) is 0 Å². The minimum absolute atomic E-state index is 0.308. The number of rotatable bonds is 2. The first-order valence-electron chi connectivity index (χ1n) is 5.33. The summed E-state index contributed by atoms with van der Waals surface area (Å²) in [7, 11) is 0. The Morgan fingerprint density at radius 2 is 2.00 bits per heavy atom. The van der Waals surface area contributed by atoms with Crippen LogP contribution >= 0.6 is 15.9 Å². The second-order valence-corrected chi connectivity index (χ2v) is 4.75. The Morgan fingerprint density at radius 1 is 1.22 bits per heavy atom. The summed E-state index contributed by atoms with van der Waals surface area (Å²) in [5.41, 5.74) is 2.56. The van der Waals surface area contributed by atoms with E-state index in [1.165, 1.54) is 6.07 Å². The Morgan fingerprint density at radius 3 is 2.61 bits per heavy atom. The highest BCUT2D eigenvalue weighted by Crippen LogP contribution is 2.25. The summed E-state index contributed by atoms with van der Waals surface area (Å²) >= 11 is 3.42. The van der Waals surface area contributed by atoms with Gasteiger partial charge in [-0.1, -0.05) is 22.0 Å². The third kappa shape index (κ3) is 2.69. The number of aryl methyl sites for hydroxylation is 1. The number of hydrogen-bond donors (Lipinski definition) is 1. The fraction of sp³-hybridized carbons (Fsp3) is 0.0714. The van der Waals surface area contributed by atoms with Crippen molar-refractivity contribution in [3.05, 3.63) is 57.8 Å². The van der Waals surface area contributed by atoms with E-state index in [1.807, 2.05) is 31.2 Å². The maximum atomic E-state index is 13.7. The van der Waals surface area contributed by atoms with Gasteiger partial charge in [0.05, 0.1) is 17.3 Å². The maximum absolute atomic E-state index is 13.7. The maximum Gasteiger partial charge on any atom is 0.147 e. The molecule has 0 spiro atoms. The number of nitrogens with zero attached hydrogens (tertiary/aromatic N) is 1. The highest BCUT2D eigenvalue weighted by atomic mass is 79.9. The van der Waals surface area contributed by atoms with Gasteiger partial charge in [-0.05, 0) is 42.8 Å². The van der Waals surface area contributed by atoms with Crippen LogP contribution in [0.25, 0.3) is 0 Å². The molecule has 0 saturated carbocycles. The third-order valence-electron chi connectivity index (χ3n) is 2.55. The van der Waals surface area contributed by atoms with Crippen molar-refractivity contribution in [1.29, 1.82) is 5.26 Å². The van der Waals surface area contributed by atoms with Gasteiger partial charge in [0, 0.05) is 10.2 Å². The van der Waals surface area contributed by atoms with E-state index >= 15 is 0 Å². The molecule has 1 N–H and O–H groups in total. The van der Waals surface area contributed by atoms with Gasteiger partial charge >= 0.3 is 0 Å². The van der Waals surface area contributed by atoms with E-state index in [-0.39, 0.29) is 0 Å². The summed E-state index contributed by atoms with van der Waals surface area (Å²) in [4.78, 5) is 0. The monoisotopic (exact) mass is 304 g/mol. The van der Waals surface area contributed by atoms with Gasteiger partial charge in [0.1, 0.15) is 5.82 Å². The highest BCUT2D eigenvalue weighted by Gasteiger charge is 2.04. The molecule has 0 aliphatic heterocycles. The predicted molar refractivity (Wildman–Crippen MR) is 73.3 cm³/mol. The number of hydrogen-bond acceptors (Lipinski definition) is 2. The normalized spacial score (nSPS) is 9.89. The molecule has 2 aromatic rings. The van der Waals surface area contributed by atoms with E-state index in [2.05, 4.69) is 21.2 Å². The molecule has 0 atom stereocenters. The topological polar surface area (TPSA) is 35.8 Å². The lowest BCUT2D eigenvalue weighted by molar-refractivity contribution is 0.631. The molecule has 0 radical (unpaired) electrons. The second kappa shape index (κ2) is 5.19. The molecular formula is C14H10BrFN2. The summed E-state index contributed by atoms with van der Waals surface area (Å²) < 4.78 is 14.6. The molecule has 2 rings (SSSR count). The SMILES string of the molecule is Cc1ccc(Nc2ccc(C#N)cc2F)cc1Br. The van der Waals surface area contributed by atoms with Crippen molar-refractivity contribution >= 4 is 27.3 Å². The first-order chi connectivity index (χ1) is 8.60. The molecule has 90 valence electrons. The van der Waals surface area contributed by atoms with Crippen LogP contribution in [0.2, 0.25) is 0 Å². The van der Waals surface area contributed by atoms with E-state index in [0.29, 0.717) is 11.3 Å². The van der Waals surface area contributed by atoms with Crippen LogP contribution in [0.4, 0.5) is 15.8 Å². The summed E-state index contributed by atoms with van der Waals surface area (Å²) in [6.07, 6.45) is 0. The predicted octanol–water partition coefficient (Wildman–Crippen LogP) is 4.51. The minimum atomic E-state index is -0.439. The standard InChI is InChI=1S/C14H10BrFN2/c1-9-2-4-11(7-12(9)15)18-14-5-3-10(8-17)6-13(14)16/h2-7,18H,1H3. The number of anilines is 2. The van der Waals surface area contributed by atoms with Crippen LogP contribution in [0.1, 0.15) is 11.1 Å². The zero-order valence-electron chi connectivity index (χ0n) is 9.67. The molecule has 0 fully saturated rings. The van der Waals surface area contributed by atoms with Crippen LogP contribution in [0, 0.1) is 24.1 Å². The molecular weight excluding hydrogens is 295 g/mol. The molecule has 2 aromatic carbocycles. The van der Waals surface area contributed by atoms with Gasteiger partial charge in [0.2, 0.25) is 0 Å². The van der Waals surface area contributed by atoms with Crippen molar-refractivity contribution in [1.82, 2.24) is 0 Å². The van der Waals surface area contributed by atoms with Gasteiger partial charge in [-0.2, -0.15) is 5.26 Å². The molecule has 0 amide bonds. The molecule has 0 aromatic heterocycles. The molecule has 4 heteroatoms. The van der Waals surface area contributed by atoms with Gasteiger partial charge in [-0.25, -0.2) is 4.39 Å². The summed E-state index contributed by atoms with van der Waals surface area (Å²) in [6, 6.07) is 11.9. The van der Waals surface area contributed by atoms with Crippen molar-refractivity contribution in [2.24, 2.45) is 0 Å². The van der Waals surface area contributed by atoms with Crippen LogP contribution in [-0.2, 0) is 0 Å². The van der Waals surface area contributed by atoms with Gasteiger partial charge in [-0.15, -0.1) is 0 Å². The van der Waals surface area contributed by atoms with E-state index in [4.69, 9.17) is 5.26 Å². The number of benzene rings is 2. The Bertz CT molecular complexity index is 632. The Balaban J connectivity index is 2.29. The van der Waals surface area contributed by atoms with Crippen LogP contribution < -0.4 is 5.32 Å². The highest BCUT2D eigenvalue weighted by molar-refractivity contribution is 9.10.